The molecule has 0 bridgehead atoms. The number of methoxy groups -OCH3 is 2. The molecule has 2 heterocycles. The smallest absolute Gasteiger partial charge is 0.142 e. The van der Waals surface area contributed by atoms with Gasteiger partial charge in [0, 0.05) is 49.7 Å². The summed E-state index contributed by atoms with van der Waals surface area (Å²) in [5, 5.41) is 6.62. The van der Waals surface area contributed by atoms with Gasteiger partial charge in [-0.25, -0.2) is 9.97 Å². The van der Waals surface area contributed by atoms with E-state index >= 15 is 0 Å². The molecule has 0 aliphatic carbocycles. The molecule has 1 saturated heterocycles. The summed E-state index contributed by atoms with van der Waals surface area (Å²) in [4.78, 5) is 13.4. The molecule has 0 saturated carbocycles. The second kappa shape index (κ2) is 9.53. The van der Waals surface area contributed by atoms with E-state index in [0.717, 1.165) is 43.3 Å². The molecule has 2 aromatic carbocycles. The second-order valence-electron chi connectivity index (χ2n) is 7.44. The van der Waals surface area contributed by atoms with Crippen LogP contribution in [0.3, 0.4) is 0 Å². The van der Waals surface area contributed by atoms with Crippen LogP contribution in [0.15, 0.2) is 54.9 Å². The van der Waals surface area contributed by atoms with E-state index in [9.17, 15) is 0 Å². The number of hydrogen-bond acceptors (Lipinski definition) is 8. The number of likely N-dealkylation sites (N-methyl/N-ethyl adjacent to an activating group) is 1. The summed E-state index contributed by atoms with van der Waals surface area (Å²) < 4.78 is 10.7. The first-order valence-corrected chi connectivity index (χ1v) is 10.3. The van der Waals surface area contributed by atoms with Gasteiger partial charge in [-0.05, 0) is 43.4 Å². The highest BCUT2D eigenvalue weighted by Gasteiger charge is 2.14. The number of nitrogens with one attached hydrogen (secondary N) is 2. The van der Waals surface area contributed by atoms with Crippen molar-refractivity contribution in [2.24, 2.45) is 0 Å². The van der Waals surface area contributed by atoms with Crippen LogP contribution >= 0.6 is 0 Å². The zero-order chi connectivity index (χ0) is 21.6. The molecular weight excluding hydrogens is 392 g/mol. The topological polar surface area (TPSA) is 74.8 Å². The molecule has 31 heavy (non-hydrogen) atoms. The second-order valence-corrected chi connectivity index (χ2v) is 7.44. The minimum atomic E-state index is 0.651. The van der Waals surface area contributed by atoms with Gasteiger partial charge in [0.1, 0.15) is 29.5 Å². The largest absolute Gasteiger partial charge is 0.497 e. The van der Waals surface area contributed by atoms with Crippen LogP contribution in [-0.4, -0.2) is 62.3 Å². The molecule has 162 valence electrons. The molecule has 1 aromatic heterocycles. The molecule has 1 aliphatic rings. The first-order valence-electron chi connectivity index (χ1n) is 10.3. The summed E-state index contributed by atoms with van der Waals surface area (Å²) in [6.45, 7) is 4.29. The first kappa shape index (κ1) is 20.7. The maximum absolute atomic E-state index is 5.43. The molecule has 1 fully saturated rings. The molecule has 0 radical (unpaired) electrons. The van der Waals surface area contributed by atoms with Crippen molar-refractivity contribution in [1.29, 1.82) is 0 Å². The monoisotopic (exact) mass is 420 g/mol. The normalized spacial score (nSPS) is 14.2. The number of nitrogens with zero attached hydrogens (tertiary/aromatic N) is 4. The lowest BCUT2D eigenvalue weighted by Crippen LogP contribution is -2.44. The fraction of sp³-hybridized carbons (Fsp3) is 0.304. The minimum Gasteiger partial charge on any atom is -0.497 e. The molecule has 4 rings (SSSR count). The van der Waals surface area contributed by atoms with E-state index in [-0.39, 0.29) is 0 Å². The highest BCUT2D eigenvalue weighted by atomic mass is 16.5. The average molecular weight is 421 g/mol. The molecular formula is C23H28N6O2. The van der Waals surface area contributed by atoms with Gasteiger partial charge in [0.05, 0.1) is 19.9 Å². The fourth-order valence-corrected chi connectivity index (χ4v) is 3.51. The van der Waals surface area contributed by atoms with Crippen molar-refractivity contribution >= 4 is 28.7 Å². The van der Waals surface area contributed by atoms with Gasteiger partial charge < -0.3 is 29.9 Å². The van der Waals surface area contributed by atoms with Crippen molar-refractivity contribution in [2.75, 3.05) is 63.0 Å². The van der Waals surface area contributed by atoms with E-state index < -0.39 is 0 Å². The summed E-state index contributed by atoms with van der Waals surface area (Å²) in [7, 11) is 5.43. The Morgan fingerprint density at radius 2 is 1.52 bits per heavy atom. The number of aromatic nitrogens is 2. The van der Waals surface area contributed by atoms with Crippen molar-refractivity contribution in [3.05, 3.63) is 54.9 Å². The molecule has 3 aromatic rings. The SMILES string of the molecule is COc1ccc(OC)c(Nc2cc(Nc3ccc(N4CCN(C)CC4)cc3)ncn2)c1. The van der Waals surface area contributed by atoms with Crippen LogP contribution in [0.5, 0.6) is 11.5 Å². The van der Waals surface area contributed by atoms with E-state index in [2.05, 4.69) is 61.7 Å². The third-order valence-electron chi connectivity index (χ3n) is 5.34. The van der Waals surface area contributed by atoms with Crippen molar-refractivity contribution in [2.45, 2.75) is 0 Å². The van der Waals surface area contributed by atoms with Crippen LogP contribution in [0.4, 0.5) is 28.7 Å². The number of ether oxygens (including phenoxy) is 2. The van der Waals surface area contributed by atoms with Crippen LogP contribution in [0, 0.1) is 0 Å². The summed E-state index contributed by atoms with van der Waals surface area (Å²) in [5.74, 6) is 2.79. The summed E-state index contributed by atoms with van der Waals surface area (Å²) >= 11 is 0. The number of piperazine rings is 1. The molecule has 2 N–H and O–H groups in total. The quantitative estimate of drug-likeness (QED) is 0.599. The van der Waals surface area contributed by atoms with Crippen LogP contribution in [0.1, 0.15) is 0 Å². The Morgan fingerprint density at radius 3 is 2.19 bits per heavy atom. The molecule has 1 aliphatic heterocycles. The van der Waals surface area contributed by atoms with Crippen molar-refractivity contribution in [1.82, 2.24) is 14.9 Å². The van der Waals surface area contributed by atoms with Crippen LogP contribution in [0.2, 0.25) is 0 Å². The van der Waals surface area contributed by atoms with E-state index in [0.29, 0.717) is 17.4 Å². The zero-order valence-corrected chi connectivity index (χ0v) is 18.1. The van der Waals surface area contributed by atoms with Crippen molar-refractivity contribution in [3.8, 4) is 11.5 Å². The maximum Gasteiger partial charge on any atom is 0.142 e. The average Bonchev–Trinajstić information content (AvgIpc) is 2.80. The lowest BCUT2D eigenvalue weighted by Gasteiger charge is -2.34. The summed E-state index contributed by atoms with van der Waals surface area (Å²) in [5.41, 5.74) is 2.98. The Hall–Kier alpha value is -3.52. The Morgan fingerprint density at radius 1 is 0.806 bits per heavy atom. The minimum absolute atomic E-state index is 0.651. The standard InChI is InChI=1S/C23H28N6O2/c1-28-10-12-29(13-11-28)18-6-4-17(5-7-18)26-22-15-23(25-16-24-22)27-20-14-19(30-2)8-9-21(20)31-3/h4-9,14-16H,10-13H2,1-3H3,(H2,24,25,26,27). The third kappa shape index (κ3) is 5.16. The Balaban J connectivity index is 1.44. The van der Waals surface area contributed by atoms with Crippen LogP contribution in [-0.2, 0) is 0 Å². The van der Waals surface area contributed by atoms with Gasteiger partial charge in [0.2, 0.25) is 0 Å². The van der Waals surface area contributed by atoms with Gasteiger partial charge in [0.25, 0.3) is 0 Å². The zero-order valence-electron chi connectivity index (χ0n) is 18.1. The van der Waals surface area contributed by atoms with Gasteiger partial charge in [-0.3, -0.25) is 0 Å². The van der Waals surface area contributed by atoms with Gasteiger partial charge in [-0.2, -0.15) is 0 Å². The third-order valence-corrected chi connectivity index (χ3v) is 5.34. The molecule has 8 heteroatoms. The van der Waals surface area contributed by atoms with Gasteiger partial charge >= 0.3 is 0 Å². The molecule has 0 unspecified atom stereocenters. The number of rotatable bonds is 7. The predicted molar refractivity (Wildman–Crippen MR) is 124 cm³/mol. The van der Waals surface area contributed by atoms with E-state index in [1.54, 1.807) is 14.2 Å². The van der Waals surface area contributed by atoms with E-state index in [1.165, 1.54) is 12.0 Å². The van der Waals surface area contributed by atoms with E-state index in [4.69, 9.17) is 9.47 Å². The molecule has 8 nitrogen and oxygen atoms in total. The Bertz CT molecular complexity index is 1000. The number of anilines is 5. The van der Waals surface area contributed by atoms with Gasteiger partial charge in [-0.15, -0.1) is 0 Å². The van der Waals surface area contributed by atoms with Crippen LogP contribution < -0.4 is 25.0 Å². The lowest BCUT2D eigenvalue weighted by atomic mass is 10.2. The maximum atomic E-state index is 5.43. The molecule has 0 amide bonds. The number of benzene rings is 2. The lowest BCUT2D eigenvalue weighted by molar-refractivity contribution is 0.313. The van der Waals surface area contributed by atoms with Crippen molar-refractivity contribution in [3.63, 3.8) is 0 Å². The fourth-order valence-electron chi connectivity index (χ4n) is 3.51. The highest BCUT2D eigenvalue weighted by molar-refractivity contribution is 5.69. The molecule has 0 spiro atoms. The van der Waals surface area contributed by atoms with E-state index in [1.807, 2.05) is 24.3 Å². The predicted octanol–water partition coefficient (Wildman–Crippen LogP) is 3.73. The Labute approximate surface area is 182 Å². The van der Waals surface area contributed by atoms with Gasteiger partial charge in [-0.1, -0.05) is 0 Å². The number of hydrogen-bond donors (Lipinski definition) is 2. The van der Waals surface area contributed by atoms with Crippen LogP contribution in [0.25, 0.3) is 0 Å². The molecule has 0 atom stereocenters. The summed E-state index contributed by atoms with van der Waals surface area (Å²) in [6.07, 6.45) is 1.52. The first-order chi connectivity index (χ1) is 15.1. The van der Waals surface area contributed by atoms with Gasteiger partial charge in [0.15, 0.2) is 0 Å². The summed E-state index contributed by atoms with van der Waals surface area (Å²) in [6, 6.07) is 15.9. The van der Waals surface area contributed by atoms with Crippen molar-refractivity contribution < 1.29 is 9.47 Å². The highest BCUT2D eigenvalue weighted by Crippen LogP contribution is 2.31. The Kier molecular flexibility index (Phi) is 6.37.